The second-order valence-corrected chi connectivity index (χ2v) is 8.86. The van der Waals surface area contributed by atoms with Crippen molar-refractivity contribution in [3.8, 4) is 11.1 Å². The van der Waals surface area contributed by atoms with E-state index in [-0.39, 0.29) is 31.4 Å². The molecule has 1 heterocycles. The molecule has 1 amide bonds. The van der Waals surface area contributed by atoms with Gasteiger partial charge in [-0.1, -0.05) is 54.6 Å². The zero-order valence-corrected chi connectivity index (χ0v) is 18.3. The highest BCUT2D eigenvalue weighted by molar-refractivity contribution is 5.81. The number of hydrogen-bond acceptors (Lipinski definition) is 3. The molecule has 0 radical (unpaired) electrons. The Hall–Kier alpha value is -3.74. The molecule has 1 fully saturated rings. The minimum Gasteiger partial charge on any atom is -0.480 e. The summed E-state index contributed by atoms with van der Waals surface area (Å²) in [6.45, 7) is 0.274. The van der Waals surface area contributed by atoms with Crippen molar-refractivity contribution in [3.05, 3.63) is 95.1 Å². The van der Waals surface area contributed by atoms with Gasteiger partial charge >= 0.3 is 12.1 Å². The second kappa shape index (κ2) is 8.89. The molecule has 7 heteroatoms. The maximum atomic E-state index is 13.6. The van der Waals surface area contributed by atoms with Crippen LogP contribution in [0.25, 0.3) is 11.1 Å². The van der Waals surface area contributed by atoms with E-state index in [1.807, 2.05) is 48.5 Å². The monoisotopic (exact) mass is 463 g/mol. The Morgan fingerprint density at radius 2 is 1.59 bits per heavy atom. The first-order valence-corrected chi connectivity index (χ1v) is 11.2. The smallest absolute Gasteiger partial charge is 0.410 e. The van der Waals surface area contributed by atoms with Gasteiger partial charge in [0.05, 0.1) is 0 Å². The molecule has 3 aromatic rings. The van der Waals surface area contributed by atoms with E-state index in [4.69, 9.17) is 4.74 Å². The molecular weight excluding hydrogens is 440 g/mol. The lowest BCUT2D eigenvalue weighted by Gasteiger charge is -2.22. The average molecular weight is 463 g/mol. The lowest BCUT2D eigenvalue weighted by molar-refractivity contribution is -0.141. The number of fused-ring (bicyclic) bond motifs is 3. The Kier molecular flexibility index (Phi) is 5.77. The molecule has 0 saturated carbocycles. The summed E-state index contributed by atoms with van der Waals surface area (Å²) in [5.41, 5.74) is 4.92. The van der Waals surface area contributed by atoms with Crippen molar-refractivity contribution in [2.45, 2.75) is 24.8 Å². The maximum absolute atomic E-state index is 13.6. The summed E-state index contributed by atoms with van der Waals surface area (Å²) in [5, 5.41) is 9.68. The largest absolute Gasteiger partial charge is 0.480 e. The predicted molar refractivity (Wildman–Crippen MR) is 121 cm³/mol. The van der Waals surface area contributed by atoms with Crippen LogP contribution in [0.5, 0.6) is 0 Å². The van der Waals surface area contributed by atoms with Crippen LogP contribution in [-0.2, 0) is 16.0 Å². The fraction of sp³-hybridized carbons (Fsp3) is 0.259. The van der Waals surface area contributed by atoms with Crippen LogP contribution in [0, 0.1) is 17.6 Å². The number of aliphatic carboxylic acids is 1. The zero-order valence-electron chi connectivity index (χ0n) is 18.3. The highest BCUT2D eigenvalue weighted by Crippen LogP contribution is 2.44. The van der Waals surface area contributed by atoms with Crippen LogP contribution in [0.3, 0.4) is 0 Å². The summed E-state index contributed by atoms with van der Waals surface area (Å²) < 4.78 is 32.4. The van der Waals surface area contributed by atoms with Crippen molar-refractivity contribution < 1.29 is 28.2 Å². The Labute approximate surface area is 195 Å². The third-order valence-corrected chi connectivity index (χ3v) is 6.75. The molecule has 2 atom stereocenters. The highest BCUT2D eigenvalue weighted by Gasteiger charge is 2.41. The number of rotatable bonds is 5. The van der Waals surface area contributed by atoms with E-state index < -0.39 is 29.7 Å². The minimum atomic E-state index is -1.11. The van der Waals surface area contributed by atoms with Gasteiger partial charge in [-0.3, -0.25) is 4.90 Å². The molecule has 1 saturated heterocycles. The lowest BCUT2D eigenvalue weighted by Crippen LogP contribution is -2.41. The molecule has 3 aromatic carbocycles. The van der Waals surface area contributed by atoms with Crippen molar-refractivity contribution in [2.24, 2.45) is 5.92 Å². The van der Waals surface area contributed by atoms with Gasteiger partial charge in [0.15, 0.2) is 11.6 Å². The molecular formula is C27H23F2NO4. The number of ether oxygens (including phenoxy) is 1. The average Bonchev–Trinajstić information content (AvgIpc) is 3.40. The van der Waals surface area contributed by atoms with E-state index >= 15 is 0 Å². The Morgan fingerprint density at radius 1 is 0.941 bits per heavy atom. The molecule has 1 N–H and O–H groups in total. The second-order valence-electron chi connectivity index (χ2n) is 8.86. The molecule has 5 rings (SSSR count). The Bertz CT molecular complexity index is 1220. The number of carbonyl (C=O) groups excluding carboxylic acids is 1. The Morgan fingerprint density at radius 3 is 2.21 bits per heavy atom. The van der Waals surface area contributed by atoms with Crippen LogP contribution in [0.4, 0.5) is 13.6 Å². The van der Waals surface area contributed by atoms with Crippen LogP contribution in [0.2, 0.25) is 0 Å². The molecule has 174 valence electrons. The SMILES string of the molecule is O=C(O)[C@@H]1C[C@@H](Cc2ccc(F)c(F)c2)CN1C(=O)OCC1c2ccccc2-c2ccccc21. The fourth-order valence-electron chi connectivity index (χ4n) is 5.18. The highest BCUT2D eigenvalue weighted by atomic mass is 19.2. The normalized spacial score (nSPS) is 19.1. The van der Waals surface area contributed by atoms with E-state index in [0.29, 0.717) is 12.0 Å². The molecule has 34 heavy (non-hydrogen) atoms. The summed E-state index contributed by atoms with van der Waals surface area (Å²) >= 11 is 0. The first-order chi connectivity index (χ1) is 16.4. The topological polar surface area (TPSA) is 66.8 Å². The maximum Gasteiger partial charge on any atom is 0.410 e. The Balaban J connectivity index is 1.29. The lowest BCUT2D eigenvalue weighted by atomic mass is 9.96. The van der Waals surface area contributed by atoms with Crippen molar-refractivity contribution >= 4 is 12.1 Å². The van der Waals surface area contributed by atoms with E-state index in [9.17, 15) is 23.5 Å². The molecule has 1 aliphatic heterocycles. The third kappa shape index (κ3) is 4.02. The third-order valence-electron chi connectivity index (χ3n) is 6.75. The number of amides is 1. The molecule has 2 aliphatic rings. The summed E-state index contributed by atoms with van der Waals surface area (Å²) in [5.74, 6) is -3.31. The van der Waals surface area contributed by atoms with Gasteiger partial charge in [-0.2, -0.15) is 0 Å². The minimum absolute atomic E-state index is 0.101. The van der Waals surface area contributed by atoms with Gasteiger partial charge in [0.25, 0.3) is 0 Å². The van der Waals surface area contributed by atoms with E-state index in [0.717, 1.165) is 34.4 Å². The number of carbonyl (C=O) groups is 2. The number of benzene rings is 3. The predicted octanol–water partition coefficient (Wildman–Crippen LogP) is 5.23. The first kappa shape index (κ1) is 22.1. The van der Waals surface area contributed by atoms with Gasteiger partial charge in [-0.25, -0.2) is 18.4 Å². The van der Waals surface area contributed by atoms with E-state index in [2.05, 4.69) is 0 Å². The van der Waals surface area contributed by atoms with Crippen molar-refractivity contribution in [1.29, 1.82) is 0 Å². The fourth-order valence-corrected chi connectivity index (χ4v) is 5.18. The quantitative estimate of drug-likeness (QED) is 0.563. The van der Waals surface area contributed by atoms with Crippen LogP contribution in [0.1, 0.15) is 29.0 Å². The van der Waals surface area contributed by atoms with Crippen LogP contribution < -0.4 is 0 Å². The molecule has 0 spiro atoms. The number of carboxylic acids is 1. The number of hydrogen-bond donors (Lipinski definition) is 1. The van der Waals surface area contributed by atoms with Crippen molar-refractivity contribution in [1.82, 2.24) is 4.90 Å². The van der Waals surface area contributed by atoms with Gasteiger partial charge in [-0.15, -0.1) is 0 Å². The summed E-state index contributed by atoms with van der Waals surface area (Å²) in [4.78, 5) is 26.0. The molecule has 0 bridgehead atoms. The zero-order chi connectivity index (χ0) is 23.8. The molecule has 5 nitrogen and oxygen atoms in total. The summed E-state index contributed by atoms with van der Waals surface area (Å²) in [6.07, 6.45) is -0.116. The summed E-state index contributed by atoms with van der Waals surface area (Å²) in [6, 6.07) is 18.6. The van der Waals surface area contributed by atoms with Crippen LogP contribution >= 0.6 is 0 Å². The van der Waals surface area contributed by atoms with Gasteiger partial charge in [-0.05, 0) is 58.7 Å². The van der Waals surface area contributed by atoms with E-state index in [1.165, 1.54) is 11.0 Å². The number of nitrogens with zero attached hydrogens (tertiary/aromatic N) is 1. The first-order valence-electron chi connectivity index (χ1n) is 11.2. The summed E-state index contributed by atoms with van der Waals surface area (Å²) in [7, 11) is 0. The van der Waals surface area contributed by atoms with Gasteiger partial charge in [0, 0.05) is 12.5 Å². The van der Waals surface area contributed by atoms with Crippen molar-refractivity contribution in [3.63, 3.8) is 0 Å². The van der Waals surface area contributed by atoms with E-state index in [1.54, 1.807) is 0 Å². The van der Waals surface area contributed by atoms with Gasteiger partial charge in [0.1, 0.15) is 12.6 Å². The molecule has 0 unspecified atom stereocenters. The number of likely N-dealkylation sites (tertiary alicyclic amines) is 1. The number of halogens is 2. The number of carboxylic acid groups (broad SMARTS) is 1. The van der Waals surface area contributed by atoms with Crippen LogP contribution in [0.15, 0.2) is 66.7 Å². The van der Waals surface area contributed by atoms with Gasteiger partial charge in [0.2, 0.25) is 0 Å². The standard InChI is InChI=1S/C27H23F2NO4/c28-23-10-9-16(12-24(23)29)11-17-13-25(26(31)32)30(14-17)27(33)34-15-22-20-7-3-1-5-18(20)19-6-2-4-8-21(19)22/h1-10,12,17,22,25H,11,13-15H2,(H,31,32)/t17-,25+/m1/s1. The van der Waals surface area contributed by atoms with Crippen molar-refractivity contribution in [2.75, 3.05) is 13.2 Å². The van der Waals surface area contributed by atoms with Crippen LogP contribution in [-0.4, -0.2) is 41.3 Å². The van der Waals surface area contributed by atoms with Gasteiger partial charge < -0.3 is 9.84 Å². The molecule has 1 aliphatic carbocycles. The molecule has 0 aromatic heterocycles.